The van der Waals surface area contributed by atoms with Crippen LogP contribution in [0.3, 0.4) is 0 Å². The lowest BCUT2D eigenvalue weighted by Crippen LogP contribution is -2.42. The molecule has 0 bridgehead atoms. The second kappa shape index (κ2) is 4.62. The molecule has 0 spiro atoms. The van der Waals surface area contributed by atoms with Gasteiger partial charge in [0.15, 0.2) is 0 Å². The number of nitrogens with zero attached hydrogens (tertiary/aromatic N) is 1. The zero-order valence-electron chi connectivity index (χ0n) is 9.36. The maximum Gasteiger partial charge on any atom is 0.125 e. The molecule has 2 atom stereocenters. The summed E-state index contributed by atoms with van der Waals surface area (Å²) in [4.78, 5) is 4.06. The molecule has 1 fully saturated rings. The number of nitrogens with one attached hydrogen (secondary N) is 1. The zero-order valence-corrected chi connectivity index (χ0v) is 9.36. The fourth-order valence-corrected chi connectivity index (χ4v) is 1.87. The standard InChI is InChI=1S/C12H18N2O/c1-9-3-5-14-8-12(9)15-11-4-6-13-7-10(11)2/h4,6-7,9,12,14H,3,5,8H2,1-2H3. The van der Waals surface area contributed by atoms with Crippen LogP contribution in [0.25, 0.3) is 0 Å². The molecule has 3 nitrogen and oxygen atoms in total. The van der Waals surface area contributed by atoms with Crippen LogP contribution in [0, 0.1) is 12.8 Å². The number of ether oxygens (including phenoxy) is 1. The minimum absolute atomic E-state index is 0.292. The Hall–Kier alpha value is -1.09. The molecule has 2 heterocycles. The largest absolute Gasteiger partial charge is 0.488 e. The quantitative estimate of drug-likeness (QED) is 0.800. The first-order valence-corrected chi connectivity index (χ1v) is 5.55. The molecule has 1 saturated heterocycles. The summed E-state index contributed by atoms with van der Waals surface area (Å²) in [5.41, 5.74) is 1.11. The highest BCUT2D eigenvalue weighted by molar-refractivity contribution is 5.28. The van der Waals surface area contributed by atoms with E-state index in [2.05, 4.69) is 17.2 Å². The van der Waals surface area contributed by atoms with Crippen LogP contribution < -0.4 is 10.1 Å². The SMILES string of the molecule is Cc1cnccc1OC1CNCCC1C. The Bertz CT molecular complexity index is 327. The second-order valence-electron chi connectivity index (χ2n) is 4.27. The molecule has 15 heavy (non-hydrogen) atoms. The fourth-order valence-electron chi connectivity index (χ4n) is 1.87. The van der Waals surface area contributed by atoms with Crippen molar-refractivity contribution in [2.24, 2.45) is 5.92 Å². The smallest absolute Gasteiger partial charge is 0.125 e. The van der Waals surface area contributed by atoms with E-state index in [9.17, 15) is 0 Å². The Labute approximate surface area is 90.9 Å². The van der Waals surface area contributed by atoms with E-state index in [1.54, 1.807) is 6.20 Å². The maximum atomic E-state index is 6.00. The summed E-state index contributed by atoms with van der Waals surface area (Å²) in [6, 6.07) is 1.94. The van der Waals surface area contributed by atoms with E-state index >= 15 is 0 Å². The summed E-state index contributed by atoms with van der Waals surface area (Å²) >= 11 is 0. The van der Waals surface area contributed by atoms with Gasteiger partial charge in [-0.1, -0.05) is 6.92 Å². The summed E-state index contributed by atoms with van der Waals surface area (Å²) < 4.78 is 6.00. The van der Waals surface area contributed by atoms with Crippen molar-refractivity contribution < 1.29 is 4.74 Å². The summed E-state index contributed by atoms with van der Waals surface area (Å²) in [7, 11) is 0. The molecule has 1 aromatic heterocycles. The van der Waals surface area contributed by atoms with Gasteiger partial charge in [-0.3, -0.25) is 4.98 Å². The van der Waals surface area contributed by atoms with E-state index in [-0.39, 0.29) is 0 Å². The fraction of sp³-hybridized carbons (Fsp3) is 0.583. The predicted molar refractivity (Wildman–Crippen MR) is 60.0 cm³/mol. The first kappa shape index (κ1) is 10.4. The Balaban J connectivity index is 2.04. The molecule has 1 aliphatic heterocycles. The molecule has 0 aliphatic carbocycles. The van der Waals surface area contributed by atoms with Crippen LogP contribution in [0.1, 0.15) is 18.9 Å². The van der Waals surface area contributed by atoms with Crippen molar-refractivity contribution in [1.29, 1.82) is 0 Å². The van der Waals surface area contributed by atoms with E-state index in [4.69, 9.17) is 4.74 Å². The van der Waals surface area contributed by atoms with Crippen molar-refractivity contribution in [2.75, 3.05) is 13.1 Å². The van der Waals surface area contributed by atoms with Crippen LogP contribution in [-0.4, -0.2) is 24.2 Å². The molecule has 0 amide bonds. The van der Waals surface area contributed by atoms with Crippen molar-refractivity contribution in [3.05, 3.63) is 24.0 Å². The van der Waals surface area contributed by atoms with Gasteiger partial charge in [0, 0.05) is 24.5 Å². The van der Waals surface area contributed by atoms with Crippen molar-refractivity contribution in [2.45, 2.75) is 26.4 Å². The van der Waals surface area contributed by atoms with Gasteiger partial charge in [-0.05, 0) is 31.9 Å². The monoisotopic (exact) mass is 206 g/mol. The third-order valence-corrected chi connectivity index (χ3v) is 3.00. The Kier molecular flexibility index (Phi) is 3.21. The van der Waals surface area contributed by atoms with Gasteiger partial charge in [-0.2, -0.15) is 0 Å². The van der Waals surface area contributed by atoms with Gasteiger partial charge in [0.2, 0.25) is 0 Å². The highest BCUT2D eigenvalue weighted by Gasteiger charge is 2.22. The van der Waals surface area contributed by atoms with E-state index in [1.807, 2.05) is 19.2 Å². The number of aromatic nitrogens is 1. The van der Waals surface area contributed by atoms with Gasteiger partial charge in [0.25, 0.3) is 0 Å². The number of hydrogen-bond acceptors (Lipinski definition) is 3. The minimum atomic E-state index is 0.292. The van der Waals surface area contributed by atoms with Crippen LogP contribution in [0.15, 0.2) is 18.5 Å². The number of piperidine rings is 1. The lowest BCUT2D eigenvalue weighted by molar-refractivity contribution is 0.114. The average molecular weight is 206 g/mol. The molecule has 3 heteroatoms. The number of pyridine rings is 1. The van der Waals surface area contributed by atoms with Gasteiger partial charge in [0.1, 0.15) is 11.9 Å². The summed E-state index contributed by atoms with van der Waals surface area (Å²) in [5, 5.41) is 3.36. The van der Waals surface area contributed by atoms with E-state index < -0.39 is 0 Å². The Morgan fingerprint density at radius 2 is 2.40 bits per heavy atom. The number of rotatable bonds is 2. The van der Waals surface area contributed by atoms with Crippen LogP contribution >= 0.6 is 0 Å². The van der Waals surface area contributed by atoms with Crippen LogP contribution in [0.4, 0.5) is 0 Å². The van der Waals surface area contributed by atoms with Crippen molar-refractivity contribution >= 4 is 0 Å². The summed E-state index contributed by atoms with van der Waals surface area (Å²) in [6.45, 7) is 6.34. The molecule has 2 unspecified atom stereocenters. The zero-order chi connectivity index (χ0) is 10.7. The first-order valence-electron chi connectivity index (χ1n) is 5.55. The maximum absolute atomic E-state index is 6.00. The normalized spacial score (nSPS) is 26.3. The lowest BCUT2D eigenvalue weighted by atomic mass is 9.97. The first-order chi connectivity index (χ1) is 7.27. The molecule has 1 aromatic rings. The molecule has 2 rings (SSSR count). The summed E-state index contributed by atoms with van der Waals surface area (Å²) in [6.07, 6.45) is 5.11. The average Bonchev–Trinajstić information content (AvgIpc) is 2.24. The van der Waals surface area contributed by atoms with Gasteiger partial charge < -0.3 is 10.1 Å². The molecule has 0 saturated carbocycles. The molecular formula is C12H18N2O. The third kappa shape index (κ3) is 2.48. The van der Waals surface area contributed by atoms with Gasteiger partial charge in [-0.25, -0.2) is 0 Å². The van der Waals surface area contributed by atoms with Gasteiger partial charge in [0.05, 0.1) is 0 Å². The minimum Gasteiger partial charge on any atom is -0.488 e. The molecule has 1 aliphatic rings. The highest BCUT2D eigenvalue weighted by Crippen LogP contribution is 2.21. The van der Waals surface area contributed by atoms with Crippen LogP contribution in [-0.2, 0) is 0 Å². The Morgan fingerprint density at radius 1 is 1.53 bits per heavy atom. The van der Waals surface area contributed by atoms with Gasteiger partial charge >= 0.3 is 0 Å². The van der Waals surface area contributed by atoms with Crippen molar-refractivity contribution in [1.82, 2.24) is 10.3 Å². The van der Waals surface area contributed by atoms with Crippen LogP contribution in [0.5, 0.6) is 5.75 Å². The third-order valence-electron chi connectivity index (χ3n) is 3.00. The predicted octanol–water partition coefficient (Wildman–Crippen LogP) is 1.77. The van der Waals surface area contributed by atoms with E-state index in [0.717, 1.165) is 24.4 Å². The molecule has 0 radical (unpaired) electrons. The van der Waals surface area contributed by atoms with Crippen molar-refractivity contribution in [3.8, 4) is 5.75 Å². The molecule has 0 aromatic carbocycles. The van der Waals surface area contributed by atoms with Crippen LogP contribution in [0.2, 0.25) is 0 Å². The van der Waals surface area contributed by atoms with Crippen molar-refractivity contribution in [3.63, 3.8) is 0 Å². The lowest BCUT2D eigenvalue weighted by Gasteiger charge is -2.30. The van der Waals surface area contributed by atoms with E-state index in [0.29, 0.717) is 12.0 Å². The topological polar surface area (TPSA) is 34.1 Å². The molecule has 1 N–H and O–H groups in total. The second-order valence-corrected chi connectivity index (χ2v) is 4.27. The number of aryl methyl sites for hydroxylation is 1. The molecule has 82 valence electrons. The molecular weight excluding hydrogens is 188 g/mol. The highest BCUT2D eigenvalue weighted by atomic mass is 16.5. The number of hydrogen-bond donors (Lipinski definition) is 1. The summed E-state index contributed by atoms with van der Waals surface area (Å²) in [5.74, 6) is 1.59. The van der Waals surface area contributed by atoms with E-state index in [1.165, 1.54) is 6.42 Å². The van der Waals surface area contributed by atoms with Gasteiger partial charge in [-0.15, -0.1) is 0 Å². The Morgan fingerprint density at radius 3 is 3.13 bits per heavy atom.